The van der Waals surface area contributed by atoms with Crippen molar-refractivity contribution >= 4 is 17.5 Å². The Morgan fingerprint density at radius 1 is 1.52 bits per heavy atom. The van der Waals surface area contributed by atoms with Crippen molar-refractivity contribution in [2.75, 3.05) is 26.2 Å². The van der Waals surface area contributed by atoms with Crippen molar-refractivity contribution in [3.63, 3.8) is 0 Å². The highest BCUT2D eigenvalue weighted by atomic mass is 35.5. The van der Waals surface area contributed by atoms with Gasteiger partial charge in [-0.3, -0.25) is 14.4 Å². The fourth-order valence-electron chi connectivity index (χ4n) is 2.67. The molecule has 2 N–H and O–H groups in total. The van der Waals surface area contributed by atoms with Crippen LogP contribution in [0.25, 0.3) is 0 Å². The van der Waals surface area contributed by atoms with E-state index in [1.807, 2.05) is 25.6 Å². The Bertz CT molecular complexity index is 502. The first kappa shape index (κ1) is 16.3. The molecule has 0 radical (unpaired) electrons. The summed E-state index contributed by atoms with van der Waals surface area (Å²) in [6.07, 6.45) is 0.813. The zero-order valence-electron chi connectivity index (χ0n) is 12.9. The van der Waals surface area contributed by atoms with Gasteiger partial charge < -0.3 is 10.6 Å². The lowest BCUT2D eigenvalue weighted by atomic mass is 10.1. The van der Waals surface area contributed by atoms with Gasteiger partial charge in [0.2, 0.25) is 5.91 Å². The van der Waals surface area contributed by atoms with Crippen LogP contribution in [0.5, 0.6) is 0 Å². The maximum atomic E-state index is 12.2. The number of halogens is 1. The van der Waals surface area contributed by atoms with Crippen molar-refractivity contribution in [2.45, 2.75) is 32.9 Å². The number of piperazine rings is 1. The molecular weight excluding hydrogens is 290 g/mol. The Hall–Kier alpha value is -1.11. The van der Waals surface area contributed by atoms with Crippen LogP contribution in [0.15, 0.2) is 0 Å². The molecule has 118 valence electrons. The van der Waals surface area contributed by atoms with Gasteiger partial charge in [0.1, 0.15) is 6.04 Å². The average Bonchev–Trinajstić information content (AvgIpc) is 2.75. The van der Waals surface area contributed by atoms with E-state index in [2.05, 4.69) is 20.6 Å². The lowest BCUT2D eigenvalue weighted by Gasteiger charge is -2.35. The normalized spacial score (nSPS) is 19.7. The predicted molar refractivity (Wildman–Crippen MR) is 83.3 cm³/mol. The molecule has 2 heterocycles. The number of amides is 1. The summed E-state index contributed by atoms with van der Waals surface area (Å²) in [6, 6.07) is -0.158. The number of hydrogen-bond donors (Lipinski definition) is 2. The lowest BCUT2D eigenvalue weighted by Crippen LogP contribution is -2.57. The first-order valence-corrected chi connectivity index (χ1v) is 7.89. The monoisotopic (exact) mass is 313 g/mol. The van der Waals surface area contributed by atoms with Crippen molar-refractivity contribution in [2.24, 2.45) is 7.05 Å². The summed E-state index contributed by atoms with van der Waals surface area (Å²) in [6.45, 7) is 7.64. The van der Waals surface area contributed by atoms with Crippen LogP contribution in [-0.2, 0) is 24.8 Å². The van der Waals surface area contributed by atoms with E-state index in [4.69, 9.17) is 11.6 Å². The zero-order valence-corrected chi connectivity index (χ0v) is 13.7. The largest absolute Gasteiger partial charge is 0.355 e. The number of nitrogens with zero attached hydrogens (tertiary/aromatic N) is 3. The highest BCUT2D eigenvalue weighted by Crippen LogP contribution is 2.23. The van der Waals surface area contributed by atoms with Gasteiger partial charge >= 0.3 is 0 Å². The minimum Gasteiger partial charge on any atom is -0.355 e. The molecule has 1 saturated heterocycles. The Morgan fingerprint density at radius 3 is 2.90 bits per heavy atom. The van der Waals surface area contributed by atoms with Crippen molar-refractivity contribution < 1.29 is 4.79 Å². The molecule has 0 aromatic carbocycles. The van der Waals surface area contributed by atoms with Crippen molar-refractivity contribution in [1.82, 2.24) is 25.3 Å². The van der Waals surface area contributed by atoms with Gasteiger partial charge in [-0.15, -0.1) is 0 Å². The van der Waals surface area contributed by atoms with Gasteiger partial charge in [0, 0.05) is 39.8 Å². The number of carbonyl (C=O) groups excluding carboxylic acids is 1. The molecule has 6 nitrogen and oxygen atoms in total. The molecular formula is C14H24ClN5O. The van der Waals surface area contributed by atoms with Crippen molar-refractivity contribution in [1.29, 1.82) is 0 Å². The fourth-order valence-corrected chi connectivity index (χ4v) is 3.02. The summed E-state index contributed by atoms with van der Waals surface area (Å²) in [5.41, 5.74) is 1.89. The molecule has 0 aliphatic carbocycles. The molecule has 1 amide bonds. The SMILES string of the molecule is CCNC(=O)C1CNCCN1Cc1c(Cl)c(CC)nn1C. The maximum absolute atomic E-state index is 12.2. The van der Waals surface area contributed by atoms with E-state index in [0.29, 0.717) is 19.6 Å². The number of rotatable bonds is 5. The Labute approximate surface area is 130 Å². The van der Waals surface area contributed by atoms with Crippen LogP contribution in [-0.4, -0.2) is 52.8 Å². The number of hydrogen-bond acceptors (Lipinski definition) is 4. The third kappa shape index (κ3) is 3.56. The van der Waals surface area contributed by atoms with Gasteiger partial charge in [0.15, 0.2) is 0 Å². The highest BCUT2D eigenvalue weighted by molar-refractivity contribution is 6.31. The standard InChI is InChI=1S/C14H24ClN5O/c1-4-10-13(15)12(19(3)18-10)9-20-7-6-16-8-11(20)14(21)17-5-2/h11,16H,4-9H2,1-3H3,(H,17,21). The van der Waals surface area contributed by atoms with Gasteiger partial charge in [-0.1, -0.05) is 18.5 Å². The highest BCUT2D eigenvalue weighted by Gasteiger charge is 2.29. The van der Waals surface area contributed by atoms with Crippen LogP contribution in [0.2, 0.25) is 5.02 Å². The number of aromatic nitrogens is 2. The first-order valence-electron chi connectivity index (χ1n) is 7.51. The summed E-state index contributed by atoms with van der Waals surface area (Å²) >= 11 is 6.41. The number of likely N-dealkylation sites (N-methyl/N-ethyl adjacent to an activating group) is 1. The molecule has 1 fully saturated rings. The Morgan fingerprint density at radius 2 is 2.29 bits per heavy atom. The smallest absolute Gasteiger partial charge is 0.238 e. The molecule has 1 unspecified atom stereocenters. The molecule has 2 rings (SSSR count). The summed E-state index contributed by atoms with van der Waals surface area (Å²) in [5, 5.41) is 11.4. The van der Waals surface area contributed by atoms with Gasteiger partial charge in [0.25, 0.3) is 0 Å². The second-order valence-corrected chi connectivity index (χ2v) is 5.65. The molecule has 0 bridgehead atoms. The number of nitrogens with one attached hydrogen (secondary N) is 2. The van der Waals surface area contributed by atoms with Crippen LogP contribution >= 0.6 is 11.6 Å². The predicted octanol–water partition coefficient (Wildman–Crippen LogP) is 0.546. The van der Waals surface area contributed by atoms with Gasteiger partial charge in [-0.2, -0.15) is 5.10 Å². The van der Waals surface area contributed by atoms with Gasteiger partial charge in [0.05, 0.1) is 16.4 Å². The molecule has 1 aromatic rings. The minimum atomic E-state index is -0.158. The van der Waals surface area contributed by atoms with E-state index < -0.39 is 0 Å². The van der Waals surface area contributed by atoms with E-state index in [-0.39, 0.29) is 11.9 Å². The molecule has 7 heteroatoms. The molecule has 1 aromatic heterocycles. The van der Waals surface area contributed by atoms with Crippen LogP contribution in [0.4, 0.5) is 0 Å². The van der Waals surface area contributed by atoms with E-state index in [0.717, 1.165) is 35.9 Å². The fraction of sp³-hybridized carbons (Fsp3) is 0.714. The molecule has 21 heavy (non-hydrogen) atoms. The summed E-state index contributed by atoms with van der Waals surface area (Å²) < 4.78 is 1.83. The third-order valence-corrected chi connectivity index (χ3v) is 4.30. The van der Waals surface area contributed by atoms with Crippen LogP contribution < -0.4 is 10.6 Å². The number of carbonyl (C=O) groups is 1. The second-order valence-electron chi connectivity index (χ2n) is 5.27. The average molecular weight is 314 g/mol. The van der Waals surface area contributed by atoms with E-state index in [1.54, 1.807) is 0 Å². The third-order valence-electron chi connectivity index (χ3n) is 3.86. The van der Waals surface area contributed by atoms with E-state index in [9.17, 15) is 4.79 Å². The molecule has 0 spiro atoms. The van der Waals surface area contributed by atoms with Crippen LogP contribution in [0.3, 0.4) is 0 Å². The second kappa shape index (κ2) is 7.24. The van der Waals surface area contributed by atoms with Crippen LogP contribution in [0.1, 0.15) is 25.2 Å². The molecule has 1 aliphatic heterocycles. The molecule has 1 aliphatic rings. The summed E-state index contributed by atoms with van der Waals surface area (Å²) in [5.74, 6) is 0.0682. The maximum Gasteiger partial charge on any atom is 0.238 e. The van der Waals surface area contributed by atoms with Gasteiger partial charge in [-0.25, -0.2) is 0 Å². The number of aryl methyl sites for hydroxylation is 2. The topological polar surface area (TPSA) is 62.2 Å². The van der Waals surface area contributed by atoms with Crippen molar-refractivity contribution in [3.05, 3.63) is 16.4 Å². The zero-order chi connectivity index (χ0) is 15.4. The molecule has 1 atom stereocenters. The summed E-state index contributed by atoms with van der Waals surface area (Å²) in [7, 11) is 1.91. The quantitative estimate of drug-likeness (QED) is 0.833. The Balaban J connectivity index is 2.16. The van der Waals surface area contributed by atoms with E-state index >= 15 is 0 Å². The van der Waals surface area contributed by atoms with Gasteiger partial charge in [-0.05, 0) is 13.3 Å². The summed E-state index contributed by atoms with van der Waals surface area (Å²) in [4.78, 5) is 14.4. The Kier molecular flexibility index (Phi) is 5.61. The van der Waals surface area contributed by atoms with Crippen LogP contribution in [0, 0.1) is 0 Å². The lowest BCUT2D eigenvalue weighted by molar-refractivity contribution is -0.127. The minimum absolute atomic E-state index is 0.0682. The van der Waals surface area contributed by atoms with E-state index in [1.165, 1.54) is 0 Å². The van der Waals surface area contributed by atoms with Crippen molar-refractivity contribution in [3.8, 4) is 0 Å². The molecule has 0 saturated carbocycles. The first-order chi connectivity index (χ1) is 10.1.